The van der Waals surface area contributed by atoms with Crippen molar-refractivity contribution >= 4 is 34.9 Å². The van der Waals surface area contributed by atoms with Crippen LogP contribution in [0, 0.1) is 11.7 Å². The molecule has 1 N–H and O–H groups in total. The number of hydrogen-bond acceptors (Lipinski definition) is 1. The minimum atomic E-state index is 0.682. The second kappa shape index (κ2) is 4.26. The average Bonchev–Trinajstić information content (AvgIpc) is 2.66. The van der Waals surface area contributed by atoms with Crippen LogP contribution in [0.5, 0.6) is 0 Å². The van der Waals surface area contributed by atoms with E-state index in [1.54, 1.807) is 0 Å². The van der Waals surface area contributed by atoms with Crippen molar-refractivity contribution in [3.8, 4) is 5.69 Å². The minimum Gasteiger partial charge on any atom is -0.330 e. The van der Waals surface area contributed by atoms with Crippen LogP contribution in [-0.4, -0.2) is 9.55 Å². The van der Waals surface area contributed by atoms with E-state index in [4.69, 9.17) is 23.8 Å². The Balaban J connectivity index is 2.42. The van der Waals surface area contributed by atoms with Crippen molar-refractivity contribution < 1.29 is 0 Å². The molecule has 0 saturated heterocycles. The molecule has 0 saturated carbocycles. The predicted octanol–water partition coefficient (Wildman–Crippen LogP) is 4.65. The van der Waals surface area contributed by atoms with Gasteiger partial charge < -0.3 is 4.98 Å². The number of hydrogen-bond donors (Lipinski definition) is 1. The molecule has 1 aromatic heterocycles. The van der Waals surface area contributed by atoms with Gasteiger partial charge >= 0.3 is 0 Å². The van der Waals surface area contributed by atoms with E-state index in [9.17, 15) is 0 Å². The highest BCUT2D eigenvalue weighted by molar-refractivity contribution is 7.71. The molecular formula is C14H11ClN2S. The smallest absolute Gasteiger partial charge is 0.182 e. The SMILES string of the molecule is Cc1ccccc1-n1c(=S)[nH]c2ccc(Cl)cc21. The van der Waals surface area contributed by atoms with Gasteiger partial charge in [0.25, 0.3) is 0 Å². The molecule has 0 fully saturated rings. The zero-order valence-electron chi connectivity index (χ0n) is 9.77. The van der Waals surface area contributed by atoms with Crippen molar-refractivity contribution in [1.29, 1.82) is 0 Å². The number of benzene rings is 2. The van der Waals surface area contributed by atoms with Crippen LogP contribution in [0.4, 0.5) is 0 Å². The van der Waals surface area contributed by atoms with Gasteiger partial charge in [0.2, 0.25) is 0 Å². The average molecular weight is 275 g/mol. The number of para-hydroxylation sites is 1. The van der Waals surface area contributed by atoms with E-state index >= 15 is 0 Å². The van der Waals surface area contributed by atoms with Gasteiger partial charge in [-0.25, -0.2) is 0 Å². The topological polar surface area (TPSA) is 20.7 Å². The maximum absolute atomic E-state index is 6.07. The van der Waals surface area contributed by atoms with E-state index in [1.165, 1.54) is 5.56 Å². The van der Waals surface area contributed by atoms with Crippen LogP contribution in [0.15, 0.2) is 42.5 Å². The van der Waals surface area contributed by atoms with Crippen LogP contribution in [-0.2, 0) is 0 Å². The van der Waals surface area contributed by atoms with Crippen molar-refractivity contribution in [3.05, 3.63) is 57.8 Å². The number of imidazole rings is 1. The number of halogens is 1. The highest BCUT2D eigenvalue weighted by atomic mass is 35.5. The van der Waals surface area contributed by atoms with Gasteiger partial charge in [-0.1, -0.05) is 29.8 Å². The highest BCUT2D eigenvalue weighted by Gasteiger charge is 2.08. The predicted molar refractivity (Wildman–Crippen MR) is 78.2 cm³/mol. The van der Waals surface area contributed by atoms with Crippen molar-refractivity contribution in [2.24, 2.45) is 0 Å². The maximum atomic E-state index is 6.07. The van der Waals surface area contributed by atoms with Gasteiger partial charge in [0.05, 0.1) is 16.7 Å². The van der Waals surface area contributed by atoms with Gasteiger partial charge in [-0.15, -0.1) is 0 Å². The fourth-order valence-corrected chi connectivity index (χ4v) is 2.60. The lowest BCUT2D eigenvalue weighted by Crippen LogP contribution is -1.96. The Morgan fingerprint density at radius 3 is 2.72 bits per heavy atom. The molecule has 0 atom stereocenters. The molecule has 0 aliphatic heterocycles. The van der Waals surface area contributed by atoms with Crippen LogP contribution in [0.3, 0.4) is 0 Å². The fraction of sp³-hybridized carbons (Fsp3) is 0.0714. The van der Waals surface area contributed by atoms with Gasteiger partial charge in [-0.2, -0.15) is 0 Å². The standard InChI is InChI=1S/C14H11ClN2S/c1-9-4-2-3-5-12(9)17-13-8-10(15)6-7-11(13)16-14(17)18/h2-8H,1H3,(H,16,18). The van der Waals surface area contributed by atoms with Gasteiger partial charge in [0, 0.05) is 5.02 Å². The van der Waals surface area contributed by atoms with Crippen molar-refractivity contribution in [2.45, 2.75) is 6.92 Å². The number of nitrogens with zero attached hydrogens (tertiary/aromatic N) is 1. The van der Waals surface area contributed by atoms with E-state index in [0.717, 1.165) is 16.7 Å². The molecule has 3 aromatic rings. The summed E-state index contributed by atoms with van der Waals surface area (Å²) in [5.74, 6) is 0. The molecule has 0 amide bonds. The van der Waals surface area contributed by atoms with Gasteiger partial charge in [0.15, 0.2) is 4.77 Å². The number of aromatic amines is 1. The molecule has 2 aromatic carbocycles. The molecule has 0 radical (unpaired) electrons. The molecule has 0 aliphatic carbocycles. The van der Waals surface area contributed by atoms with E-state index in [-0.39, 0.29) is 0 Å². The molecule has 1 heterocycles. The monoisotopic (exact) mass is 274 g/mol. The summed E-state index contributed by atoms with van der Waals surface area (Å²) < 4.78 is 2.70. The van der Waals surface area contributed by atoms with Crippen molar-refractivity contribution in [1.82, 2.24) is 9.55 Å². The molecular weight excluding hydrogens is 264 g/mol. The number of aryl methyl sites for hydroxylation is 1. The summed E-state index contributed by atoms with van der Waals surface area (Å²) in [6.45, 7) is 2.07. The Bertz CT molecular complexity index is 786. The second-order valence-electron chi connectivity index (χ2n) is 4.21. The maximum Gasteiger partial charge on any atom is 0.182 e. The van der Waals surface area contributed by atoms with Crippen molar-refractivity contribution in [3.63, 3.8) is 0 Å². The first-order valence-electron chi connectivity index (χ1n) is 5.63. The zero-order chi connectivity index (χ0) is 12.7. The number of rotatable bonds is 1. The summed E-state index contributed by atoms with van der Waals surface area (Å²) in [5, 5.41) is 0.707. The summed E-state index contributed by atoms with van der Waals surface area (Å²) in [6.07, 6.45) is 0. The Hall–Kier alpha value is -1.58. The number of fused-ring (bicyclic) bond motifs is 1. The summed E-state index contributed by atoms with van der Waals surface area (Å²) in [7, 11) is 0. The van der Waals surface area contributed by atoms with E-state index in [1.807, 2.05) is 34.9 Å². The molecule has 4 heteroatoms. The van der Waals surface area contributed by atoms with Gasteiger partial charge in [0.1, 0.15) is 0 Å². The summed E-state index contributed by atoms with van der Waals surface area (Å²) >= 11 is 11.5. The molecule has 0 unspecified atom stereocenters. The normalized spacial score (nSPS) is 11.0. The van der Waals surface area contributed by atoms with Crippen LogP contribution in [0.1, 0.15) is 5.56 Å². The number of nitrogens with one attached hydrogen (secondary N) is 1. The summed E-state index contributed by atoms with van der Waals surface area (Å²) in [4.78, 5) is 3.20. The Kier molecular flexibility index (Phi) is 2.73. The van der Waals surface area contributed by atoms with E-state index in [2.05, 4.69) is 24.0 Å². The molecule has 2 nitrogen and oxygen atoms in total. The Labute approximate surface area is 115 Å². The van der Waals surface area contributed by atoms with Crippen LogP contribution < -0.4 is 0 Å². The molecule has 0 bridgehead atoms. The minimum absolute atomic E-state index is 0.682. The van der Waals surface area contributed by atoms with Crippen molar-refractivity contribution in [2.75, 3.05) is 0 Å². The van der Waals surface area contributed by atoms with Gasteiger partial charge in [-0.05, 0) is 49.0 Å². The fourth-order valence-electron chi connectivity index (χ4n) is 2.13. The number of aromatic nitrogens is 2. The molecule has 3 rings (SSSR count). The van der Waals surface area contributed by atoms with Crippen LogP contribution in [0.25, 0.3) is 16.7 Å². The largest absolute Gasteiger partial charge is 0.330 e. The molecule has 0 aliphatic rings. The zero-order valence-corrected chi connectivity index (χ0v) is 11.3. The van der Waals surface area contributed by atoms with E-state index in [0.29, 0.717) is 9.79 Å². The van der Waals surface area contributed by atoms with Crippen LogP contribution >= 0.6 is 23.8 Å². The van der Waals surface area contributed by atoms with Gasteiger partial charge in [-0.3, -0.25) is 4.57 Å². The lowest BCUT2D eigenvalue weighted by Gasteiger charge is -2.07. The first-order chi connectivity index (χ1) is 8.66. The summed E-state index contributed by atoms with van der Waals surface area (Å²) in [5.41, 5.74) is 4.25. The molecule has 90 valence electrons. The third-order valence-electron chi connectivity index (χ3n) is 3.00. The third-order valence-corrected chi connectivity index (χ3v) is 3.52. The quantitative estimate of drug-likeness (QED) is 0.641. The first-order valence-corrected chi connectivity index (χ1v) is 6.42. The molecule has 0 spiro atoms. The lowest BCUT2D eigenvalue weighted by molar-refractivity contribution is 1.05. The highest BCUT2D eigenvalue weighted by Crippen LogP contribution is 2.24. The first kappa shape index (κ1) is 11.5. The summed E-state index contributed by atoms with van der Waals surface area (Å²) in [6, 6.07) is 13.9. The number of H-pyrrole nitrogens is 1. The molecule has 18 heavy (non-hydrogen) atoms. The van der Waals surface area contributed by atoms with E-state index < -0.39 is 0 Å². The Morgan fingerprint density at radius 1 is 1.17 bits per heavy atom. The third kappa shape index (κ3) is 1.76. The van der Waals surface area contributed by atoms with Crippen LogP contribution in [0.2, 0.25) is 5.02 Å². The second-order valence-corrected chi connectivity index (χ2v) is 5.04. The Morgan fingerprint density at radius 2 is 1.94 bits per heavy atom. The lowest BCUT2D eigenvalue weighted by atomic mass is 10.2.